The molecule has 4 amide bonds. The van der Waals surface area contributed by atoms with Gasteiger partial charge in [0.25, 0.3) is 5.91 Å². The number of nitrogens with zero attached hydrogens (tertiary/aromatic N) is 2. The van der Waals surface area contributed by atoms with Crippen molar-refractivity contribution in [3.8, 4) is 5.75 Å². The van der Waals surface area contributed by atoms with Crippen LogP contribution in [0.2, 0.25) is 5.02 Å². The smallest absolute Gasteiger partial charge is 0.289 e. The molecule has 0 aromatic heterocycles. The van der Waals surface area contributed by atoms with Gasteiger partial charge in [0.15, 0.2) is 5.60 Å². The highest BCUT2D eigenvalue weighted by Crippen LogP contribution is 2.42. The highest BCUT2D eigenvalue weighted by molar-refractivity contribution is 6.38. The van der Waals surface area contributed by atoms with E-state index in [4.69, 9.17) is 21.2 Å². The van der Waals surface area contributed by atoms with Gasteiger partial charge in [-0.25, -0.2) is 0 Å². The van der Waals surface area contributed by atoms with Gasteiger partial charge in [-0.3, -0.25) is 24.0 Å². The summed E-state index contributed by atoms with van der Waals surface area (Å²) in [7, 11) is 1.55. The molecule has 1 aromatic rings. The van der Waals surface area contributed by atoms with E-state index in [-0.39, 0.29) is 36.8 Å². The van der Waals surface area contributed by atoms with Crippen LogP contribution < -0.4 is 20.7 Å². The lowest BCUT2D eigenvalue weighted by atomic mass is 9.84. The number of carbonyl (C=O) groups excluding carboxylic acids is 5. The highest BCUT2D eigenvalue weighted by Gasteiger charge is 2.56. The summed E-state index contributed by atoms with van der Waals surface area (Å²) in [6.45, 7) is 7.63. The quantitative estimate of drug-likeness (QED) is 0.247. The maximum Gasteiger partial charge on any atom is 0.289 e. The zero-order valence-electron chi connectivity index (χ0n) is 31.1. The lowest BCUT2D eigenvalue weighted by molar-refractivity contribution is -0.145. The van der Waals surface area contributed by atoms with Crippen LogP contribution in [-0.2, 0) is 28.8 Å². The van der Waals surface area contributed by atoms with Gasteiger partial charge in [-0.1, -0.05) is 69.6 Å². The van der Waals surface area contributed by atoms with Crippen LogP contribution in [0.1, 0.15) is 115 Å². The molecule has 4 atom stereocenters. The molecule has 0 bridgehead atoms. The van der Waals surface area contributed by atoms with E-state index in [2.05, 4.69) is 21.1 Å². The number of benzene rings is 1. The summed E-state index contributed by atoms with van der Waals surface area (Å²) in [4.78, 5) is 76.4. The van der Waals surface area contributed by atoms with Gasteiger partial charge in [-0.15, -0.1) is 0 Å². The Morgan fingerprint density at radius 2 is 1.73 bits per heavy atom. The Kier molecular flexibility index (Phi) is 11.2. The van der Waals surface area contributed by atoms with Gasteiger partial charge >= 0.3 is 0 Å². The third-order valence-electron chi connectivity index (χ3n) is 11.3. The Hall–Kier alpha value is -3.67. The van der Waals surface area contributed by atoms with E-state index in [1.165, 1.54) is 11.3 Å². The van der Waals surface area contributed by atoms with Crippen LogP contribution in [0, 0.1) is 24.2 Å². The number of methoxy groups -OCH3 is 1. The standard InChI is InChI=1S/C39H54ClN5O7/c1-22-15-31(51-5)27(40)18-26(22)29-19-39(52-44-29)20-30(35(48)42-28(16-24-11-12-24)33(47)36(49)41-25-13-14-25)45(21-39)37(50)34(38(2,3)4)43-32(46)17-23-9-7-6-8-10-23/h15,18,23-25,28,30,34H,6-14,16-17,19-21H2,1-5H3,(H,41,49)(H,42,48)(H,43,46)/t28-,30-,34+,39+/m0/s1. The van der Waals surface area contributed by atoms with Crippen molar-refractivity contribution in [3.05, 3.63) is 28.3 Å². The molecule has 6 rings (SSSR count). The number of amides is 4. The Labute approximate surface area is 311 Å². The number of aryl methyl sites for hydroxylation is 1. The van der Waals surface area contributed by atoms with E-state index >= 15 is 0 Å². The number of ether oxygens (including phenoxy) is 1. The number of hydrogen-bond acceptors (Lipinski definition) is 8. The van der Waals surface area contributed by atoms with Gasteiger partial charge in [0.1, 0.15) is 17.8 Å². The lowest BCUT2D eigenvalue weighted by Gasteiger charge is -2.36. The van der Waals surface area contributed by atoms with Gasteiger partial charge in [0, 0.05) is 30.9 Å². The monoisotopic (exact) mass is 739 g/mol. The van der Waals surface area contributed by atoms with Gasteiger partial charge in [0.05, 0.1) is 30.4 Å². The molecule has 1 spiro atoms. The second-order valence-corrected chi connectivity index (χ2v) is 17.3. The number of oxime groups is 1. The number of rotatable bonds is 13. The van der Waals surface area contributed by atoms with Crippen molar-refractivity contribution in [1.29, 1.82) is 0 Å². The summed E-state index contributed by atoms with van der Waals surface area (Å²) in [6.07, 6.45) is 10.0. The molecular formula is C39H54ClN5O7. The molecule has 4 fully saturated rings. The molecular weight excluding hydrogens is 686 g/mol. The minimum Gasteiger partial charge on any atom is -0.495 e. The molecule has 3 saturated carbocycles. The van der Waals surface area contributed by atoms with E-state index in [9.17, 15) is 24.0 Å². The summed E-state index contributed by atoms with van der Waals surface area (Å²) in [5, 5.41) is 13.6. The van der Waals surface area contributed by atoms with Crippen molar-refractivity contribution in [2.24, 2.45) is 22.4 Å². The number of ketones is 1. The fourth-order valence-corrected chi connectivity index (χ4v) is 8.15. The summed E-state index contributed by atoms with van der Waals surface area (Å²) in [5.41, 5.74) is 0.547. The van der Waals surface area contributed by atoms with Crippen LogP contribution in [-0.4, -0.2) is 83.4 Å². The van der Waals surface area contributed by atoms with E-state index in [0.717, 1.165) is 62.5 Å². The molecule has 2 heterocycles. The summed E-state index contributed by atoms with van der Waals surface area (Å²) >= 11 is 6.49. The molecule has 13 heteroatoms. The first-order valence-electron chi connectivity index (χ1n) is 19.0. The van der Waals surface area contributed by atoms with Gasteiger partial charge < -0.3 is 30.4 Å². The Balaban J connectivity index is 1.25. The number of likely N-dealkylation sites (tertiary alicyclic amines) is 1. The zero-order chi connectivity index (χ0) is 37.4. The van der Waals surface area contributed by atoms with Crippen LogP contribution in [0.15, 0.2) is 17.3 Å². The van der Waals surface area contributed by atoms with Crippen LogP contribution in [0.4, 0.5) is 0 Å². The van der Waals surface area contributed by atoms with Crippen molar-refractivity contribution in [2.45, 2.75) is 141 Å². The third-order valence-corrected chi connectivity index (χ3v) is 11.6. The molecule has 2 aliphatic heterocycles. The fourth-order valence-electron chi connectivity index (χ4n) is 7.91. The second kappa shape index (κ2) is 15.4. The second-order valence-electron chi connectivity index (χ2n) is 16.9. The van der Waals surface area contributed by atoms with Gasteiger partial charge in [-0.2, -0.15) is 0 Å². The van der Waals surface area contributed by atoms with Crippen molar-refractivity contribution >= 4 is 46.7 Å². The maximum absolute atomic E-state index is 14.7. The average molecular weight is 740 g/mol. The third kappa shape index (κ3) is 8.92. The molecule has 3 aliphatic carbocycles. The predicted octanol–water partition coefficient (Wildman–Crippen LogP) is 4.76. The summed E-state index contributed by atoms with van der Waals surface area (Å²) in [6, 6.07) is 0.623. The zero-order valence-corrected chi connectivity index (χ0v) is 31.9. The minimum atomic E-state index is -1.04. The van der Waals surface area contributed by atoms with Crippen LogP contribution >= 0.6 is 11.6 Å². The van der Waals surface area contributed by atoms with Gasteiger partial charge in [0.2, 0.25) is 23.5 Å². The molecule has 5 aliphatic rings. The molecule has 3 N–H and O–H groups in total. The number of nitrogens with one attached hydrogen (secondary N) is 3. The first kappa shape index (κ1) is 38.1. The van der Waals surface area contributed by atoms with Crippen molar-refractivity contribution in [3.63, 3.8) is 0 Å². The molecule has 284 valence electrons. The summed E-state index contributed by atoms with van der Waals surface area (Å²) in [5.74, 6) is -1.42. The lowest BCUT2D eigenvalue weighted by Crippen LogP contribution is -2.59. The minimum absolute atomic E-state index is 0.00267. The van der Waals surface area contributed by atoms with Crippen molar-refractivity contribution in [2.75, 3.05) is 13.7 Å². The Bertz CT molecular complexity index is 1610. The SMILES string of the molecule is COc1cc(C)c(C2=NO[C@]3(C2)C[C@@H](C(=O)N[C@@H](CC2CC2)C(=O)C(=O)NC2CC2)N(C(=O)[C@@H](NC(=O)CC2CCCCC2)C(C)(C)C)C3)cc1Cl. The van der Waals surface area contributed by atoms with Crippen LogP contribution in [0.25, 0.3) is 0 Å². The highest BCUT2D eigenvalue weighted by atomic mass is 35.5. The number of halogens is 1. The Morgan fingerprint density at radius 1 is 1.02 bits per heavy atom. The predicted molar refractivity (Wildman–Crippen MR) is 196 cm³/mol. The normalized spacial score (nSPS) is 24.5. The molecule has 0 unspecified atom stereocenters. The van der Waals surface area contributed by atoms with Crippen molar-refractivity contribution in [1.82, 2.24) is 20.9 Å². The molecule has 1 saturated heterocycles. The van der Waals surface area contributed by atoms with E-state index in [1.807, 2.05) is 33.8 Å². The van der Waals surface area contributed by atoms with Crippen LogP contribution in [0.3, 0.4) is 0 Å². The van der Waals surface area contributed by atoms with E-state index in [0.29, 0.717) is 35.7 Å². The number of hydrogen-bond donors (Lipinski definition) is 3. The maximum atomic E-state index is 14.7. The molecule has 0 radical (unpaired) electrons. The molecule has 52 heavy (non-hydrogen) atoms. The fraction of sp³-hybridized carbons (Fsp3) is 0.692. The first-order valence-corrected chi connectivity index (χ1v) is 19.4. The van der Waals surface area contributed by atoms with Crippen molar-refractivity contribution < 1.29 is 33.5 Å². The molecule has 12 nitrogen and oxygen atoms in total. The topological polar surface area (TPSA) is 156 Å². The van der Waals surface area contributed by atoms with E-state index < -0.39 is 52.6 Å². The number of Topliss-reactive ketones (excluding diaryl/α,β-unsaturated/α-hetero) is 1. The number of carbonyl (C=O) groups is 5. The Morgan fingerprint density at radius 3 is 2.37 bits per heavy atom. The molecule has 1 aromatic carbocycles. The average Bonchev–Trinajstić information content (AvgIpc) is 4.03. The van der Waals surface area contributed by atoms with Crippen LogP contribution in [0.5, 0.6) is 5.75 Å². The van der Waals surface area contributed by atoms with Gasteiger partial charge in [-0.05, 0) is 74.0 Å². The largest absolute Gasteiger partial charge is 0.495 e. The van der Waals surface area contributed by atoms with E-state index in [1.54, 1.807) is 13.2 Å². The first-order chi connectivity index (χ1) is 24.7. The summed E-state index contributed by atoms with van der Waals surface area (Å²) < 4.78 is 5.38.